The molecule has 1 N–H and O–H groups in total. The van der Waals surface area contributed by atoms with E-state index in [1.807, 2.05) is 6.92 Å². The third kappa shape index (κ3) is 2.99. The Labute approximate surface area is 122 Å². The number of hydrogen-bond donors (Lipinski definition) is 1. The Balaban J connectivity index is 2.47. The van der Waals surface area contributed by atoms with Gasteiger partial charge in [0.25, 0.3) is 0 Å². The van der Waals surface area contributed by atoms with Crippen LogP contribution in [0.25, 0.3) is 5.82 Å². The molecule has 0 unspecified atom stereocenters. The highest BCUT2D eigenvalue weighted by molar-refractivity contribution is 6.36. The van der Waals surface area contributed by atoms with Crippen LogP contribution < -0.4 is 5.32 Å². The summed E-state index contributed by atoms with van der Waals surface area (Å²) in [5, 5.41) is 6.90. The van der Waals surface area contributed by atoms with Gasteiger partial charge in [0.05, 0.1) is 21.8 Å². The molecule has 0 bridgehead atoms. The lowest BCUT2D eigenvalue weighted by molar-refractivity contribution is -0.137. The van der Waals surface area contributed by atoms with E-state index in [9.17, 15) is 13.2 Å². The van der Waals surface area contributed by atoms with E-state index in [0.717, 1.165) is 10.9 Å². The zero-order valence-electron chi connectivity index (χ0n) is 10.2. The zero-order valence-corrected chi connectivity index (χ0v) is 11.7. The Morgan fingerprint density at radius 1 is 1.30 bits per heavy atom. The number of anilines is 1. The van der Waals surface area contributed by atoms with Gasteiger partial charge in [-0.25, -0.2) is 9.67 Å². The van der Waals surface area contributed by atoms with Crippen LogP contribution in [0.1, 0.15) is 12.5 Å². The van der Waals surface area contributed by atoms with Crippen molar-refractivity contribution in [2.45, 2.75) is 13.1 Å². The maximum Gasteiger partial charge on any atom is 0.419 e. The predicted molar refractivity (Wildman–Crippen MR) is 70.5 cm³/mol. The fourth-order valence-electron chi connectivity index (χ4n) is 1.49. The summed E-state index contributed by atoms with van der Waals surface area (Å²) in [6.07, 6.45) is -2.95. The summed E-state index contributed by atoms with van der Waals surface area (Å²) >= 11 is 11.9. The summed E-state index contributed by atoms with van der Waals surface area (Å²) in [5.74, 6) is 0.403. The molecule has 0 aromatic carbocycles. The minimum absolute atomic E-state index is 0.0718. The van der Waals surface area contributed by atoms with Gasteiger partial charge in [-0.3, -0.25) is 0 Å². The molecule has 2 aromatic heterocycles. The van der Waals surface area contributed by atoms with E-state index in [4.69, 9.17) is 23.2 Å². The van der Waals surface area contributed by atoms with Gasteiger partial charge >= 0.3 is 6.18 Å². The molecule has 2 rings (SSSR count). The summed E-state index contributed by atoms with van der Waals surface area (Å²) in [7, 11) is 0. The van der Waals surface area contributed by atoms with Crippen molar-refractivity contribution < 1.29 is 13.2 Å². The Hall–Kier alpha value is -1.47. The molecular weight excluding hydrogens is 316 g/mol. The van der Waals surface area contributed by atoms with E-state index >= 15 is 0 Å². The highest BCUT2D eigenvalue weighted by Gasteiger charge is 2.32. The SMILES string of the molecule is CCNc1nc(-n2cc(C(F)(F)F)cn2)c(Cl)cc1Cl. The van der Waals surface area contributed by atoms with Crippen molar-refractivity contribution in [3.8, 4) is 5.82 Å². The molecule has 20 heavy (non-hydrogen) atoms. The van der Waals surface area contributed by atoms with Crippen LogP contribution in [0.15, 0.2) is 18.5 Å². The first-order chi connectivity index (χ1) is 9.32. The number of hydrogen-bond acceptors (Lipinski definition) is 3. The van der Waals surface area contributed by atoms with Gasteiger partial charge in [-0.1, -0.05) is 23.2 Å². The summed E-state index contributed by atoms with van der Waals surface area (Å²) in [4.78, 5) is 4.09. The molecule has 0 aliphatic rings. The average Bonchev–Trinajstić information content (AvgIpc) is 2.81. The molecule has 2 aromatic rings. The van der Waals surface area contributed by atoms with E-state index in [1.165, 1.54) is 6.07 Å². The topological polar surface area (TPSA) is 42.7 Å². The van der Waals surface area contributed by atoms with Gasteiger partial charge in [-0.05, 0) is 13.0 Å². The molecular formula is C11H9Cl2F3N4. The van der Waals surface area contributed by atoms with E-state index in [0.29, 0.717) is 18.6 Å². The molecule has 0 atom stereocenters. The van der Waals surface area contributed by atoms with Crippen LogP contribution in [-0.4, -0.2) is 21.3 Å². The molecule has 0 saturated carbocycles. The number of rotatable bonds is 3. The number of nitrogens with one attached hydrogen (secondary N) is 1. The Bertz CT molecular complexity index is 625. The van der Waals surface area contributed by atoms with Gasteiger partial charge < -0.3 is 5.32 Å². The maximum atomic E-state index is 12.5. The summed E-state index contributed by atoms with van der Waals surface area (Å²) < 4.78 is 38.6. The van der Waals surface area contributed by atoms with Gasteiger partial charge in [0.2, 0.25) is 0 Å². The third-order valence-electron chi connectivity index (χ3n) is 2.38. The second-order valence-electron chi connectivity index (χ2n) is 3.83. The molecule has 0 amide bonds. The van der Waals surface area contributed by atoms with Crippen molar-refractivity contribution in [2.75, 3.05) is 11.9 Å². The van der Waals surface area contributed by atoms with Crippen LogP contribution in [0.3, 0.4) is 0 Å². The number of aromatic nitrogens is 3. The van der Waals surface area contributed by atoms with Crippen molar-refractivity contribution in [2.24, 2.45) is 0 Å². The van der Waals surface area contributed by atoms with Crippen LogP contribution in [0.2, 0.25) is 10.0 Å². The van der Waals surface area contributed by atoms with Crippen molar-refractivity contribution >= 4 is 29.0 Å². The smallest absolute Gasteiger partial charge is 0.369 e. The zero-order chi connectivity index (χ0) is 14.9. The molecule has 0 saturated heterocycles. The molecule has 0 aliphatic heterocycles. The van der Waals surface area contributed by atoms with Gasteiger partial charge in [-0.15, -0.1) is 0 Å². The first kappa shape index (κ1) is 14.9. The standard InChI is InChI=1S/C11H9Cl2F3N4/c1-2-17-9-7(12)3-8(13)10(19-9)20-5-6(4-18-20)11(14,15)16/h3-5H,2H2,1H3,(H,17,19). The van der Waals surface area contributed by atoms with Crippen LogP contribution in [0.4, 0.5) is 19.0 Å². The third-order valence-corrected chi connectivity index (χ3v) is 2.95. The van der Waals surface area contributed by atoms with E-state index in [-0.39, 0.29) is 15.9 Å². The van der Waals surface area contributed by atoms with E-state index < -0.39 is 11.7 Å². The van der Waals surface area contributed by atoms with Crippen molar-refractivity contribution in [1.82, 2.24) is 14.8 Å². The lowest BCUT2D eigenvalue weighted by atomic mass is 10.3. The van der Waals surface area contributed by atoms with Crippen LogP contribution in [0.5, 0.6) is 0 Å². The lowest BCUT2D eigenvalue weighted by Crippen LogP contribution is -2.06. The first-order valence-corrected chi connectivity index (χ1v) is 6.30. The molecule has 0 aliphatic carbocycles. The van der Waals surface area contributed by atoms with Crippen LogP contribution >= 0.6 is 23.2 Å². The minimum atomic E-state index is -4.47. The fraction of sp³-hybridized carbons (Fsp3) is 0.273. The number of nitrogens with zero attached hydrogens (tertiary/aromatic N) is 3. The Morgan fingerprint density at radius 2 is 2.00 bits per heavy atom. The monoisotopic (exact) mass is 324 g/mol. The number of halogens is 5. The second-order valence-corrected chi connectivity index (χ2v) is 4.64. The van der Waals surface area contributed by atoms with E-state index in [1.54, 1.807) is 0 Å². The number of pyridine rings is 1. The largest absolute Gasteiger partial charge is 0.419 e. The molecule has 108 valence electrons. The normalized spacial score (nSPS) is 11.7. The second kappa shape index (κ2) is 5.49. The van der Waals surface area contributed by atoms with Gasteiger partial charge in [0.1, 0.15) is 5.82 Å². The Kier molecular flexibility index (Phi) is 4.10. The molecule has 9 heteroatoms. The molecule has 0 fully saturated rings. The molecule has 4 nitrogen and oxygen atoms in total. The van der Waals surface area contributed by atoms with Crippen molar-refractivity contribution in [1.29, 1.82) is 0 Å². The lowest BCUT2D eigenvalue weighted by Gasteiger charge is -2.09. The number of alkyl halides is 3. The van der Waals surface area contributed by atoms with Gasteiger partial charge in [0, 0.05) is 12.7 Å². The Morgan fingerprint density at radius 3 is 2.55 bits per heavy atom. The summed E-state index contributed by atoms with van der Waals surface area (Å²) in [5.41, 5.74) is -0.879. The summed E-state index contributed by atoms with van der Waals surface area (Å²) in [6, 6.07) is 1.40. The first-order valence-electron chi connectivity index (χ1n) is 5.55. The minimum Gasteiger partial charge on any atom is -0.369 e. The average molecular weight is 325 g/mol. The van der Waals surface area contributed by atoms with E-state index in [2.05, 4.69) is 15.4 Å². The summed E-state index contributed by atoms with van der Waals surface area (Å²) in [6.45, 7) is 2.39. The predicted octanol–water partition coefficient (Wildman–Crippen LogP) is 4.02. The maximum absolute atomic E-state index is 12.5. The highest BCUT2D eigenvalue weighted by atomic mass is 35.5. The van der Waals surface area contributed by atoms with Crippen molar-refractivity contribution in [3.63, 3.8) is 0 Å². The van der Waals surface area contributed by atoms with Gasteiger partial charge in [0.15, 0.2) is 5.82 Å². The highest BCUT2D eigenvalue weighted by Crippen LogP contribution is 2.31. The molecule has 0 radical (unpaired) electrons. The van der Waals surface area contributed by atoms with Crippen LogP contribution in [-0.2, 0) is 6.18 Å². The van der Waals surface area contributed by atoms with Crippen LogP contribution in [0, 0.1) is 0 Å². The van der Waals surface area contributed by atoms with Crippen molar-refractivity contribution in [3.05, 3.63) is 34.1 Å². The van der Waals surface area contributed by atoms with Gasteiger partial charge in [-0.2, -0.15) is 18.3 Å². The molecule has 0 spiro atoms. The quantitative estimate of drug-likeness (QED) is 0.927. The fourth-order valence-corrected chi connectivity index (χ4v) is 2.01. The molecule has 2 heterocycles.